The second-order valence-corrected chi connectivity index (χ2v) is 6.67. The molecule has 20 heavy (non-hydrogen) atoms. The summed E-state index contributed by atoms with van der Waals surface area (Å²) in [4.78, 5) is 0. The molecule has 2 atom stereocenters. The van der Waals surface area contributed by atoms with Crippen LogP contribution >= 0.6 is 12.4 Å². The van der Waals surface area contributed by atoms with Crippen molar-refractivity contribution < 1.29 is 5.11 Å². The van der Waals surface area contributed by atoms with Crippen LogP contribution in [-0.2, 0) is 0 Å². The minimum absolute atomic E-state index is 0. The van der Waals surface area contributed by atoms with E-state index in [1.165, 1.54) is 51.4 Å². The van der Waals surface area contributed by atoms with Crippen molar-refractivity contribution in [2.45, 2.75) is 104 Å². The van der Waals surface area contributed by atoms with Crippen molar-refractivity contribution in [1.82, 2.24) is 0 Å². The Morgan fingerprint density at radius 2 is 1.35 bits per heavy atom. The Kier molecular flexibility index (Phi) is 14.5. The van der Waals surface area contributed by atoms with E-state index < -0.39 is 0 Å². The van der Waals surface area contributed by atoms with Crippen molar-refractivity contribution in [3.05, 3.63) is 0 Å². The lowest BCUT2D eigenvalue weighted by Crippen LogP contribution is -2.46. The summed E-state index contributed by atoms with van der Waals surface area (Å²) in [6.07, 6.45) is 12.3. The minimum atomic E-state index is -0.267. The van der Waals surface area contributed by atoms with Crippen LogP contribution in [0.2, 0.25) is 0 Å². The van der Waals surface area contributed by atoms with Crippen LogP contribution < -0.4 is 5.73 Å². The molecule has 3 heteroatoms. The predicted molar refractivity (Wildman–Crippen MR) is 92.5 cm³/mol. The van der Waals surface area contributed by atoms with Crippen LogP contribution in [0, 0.1) is 5.92 Å². The van der Waals surface area contributed by atoms with Gasteiger partial charge in [-0.3, -0.25) is 0 Å². The van der Waals surface area contributed by atoms with Gasteiger partial charge in [0, 0.05) is 11.5 Å². The summed E-state index contributed by atoms with van der Waals surface area (Å²) < 4.78 is 0. The molecule has 2 unspecified atom stereocenters. The van der Waals surface area contributed by atoms with Crippen molar-refractivity contribution in [2.75, 3.05) is 0 Å². The molecular formula is C17H38ClNO. The average molecular weight is 308 g/mol. The highest BCUT2D eigenvalue weighted by molar-refractivity contribution is 5.85. The van der Waals surface area contributed by atoms with Gasteiger partial charge in [0.2, 0.25) is 0 Å². The third kappa shape index (κ3) is 10.9. The van der Waals surface area contributed by atoms with Gasteiger partial charge in [0.1, 0.15) is 0 Å². The first-order valence-electron chi connectivity index (χ1n) is 8.40. The summed E-state index contributed by atoms with van der Waals surface area (Å²) >= 11 is 0. The Hall–Kier alpha value is 0.210. The molecule has 0 aromatic rings. The number of aliphatic hydroxyl groups excluding tert-OH is 1. The first-order valence-corrected chi connectivity index (χ1v) is 8.40. The molecule has 0 heterocycles. The normalized spacial score (nSPS) is 14.7. The number of halogens is 1. The van der Waals surface area contributed by atoms with E-state index in [1.807, 2.05) is 20.8 Å². The van der Waals surface area contributed by atoms with Gasteiger partial charge in [-0.15, -0.1) is 12.4 Å². The first-order chi connectivity index (χ1) is 8.93. The Morgan fingerprint density at radius 3 is 1.75 bits per heavy atom. The van der Waals surface area contributed by atoms with Crippen molar-refractivity contribution in [2.24, 2.45) is 11.7 Å². The number of rotatable bonds is 12. The maximum atomic E-state index is 10.1. The van der Waals surface area contributed by atoms with Gasteiger partial charge in [-0.25, -0.2) is 0 Å². The highest BCUT2D eigenvalue weighted by Crippen LogP contribution is 2.26. The highest BCUT2D eigenvalue weighted by atomic mass is 35.5. The first kappa shape index (κ1) is 22.5. The molecule has 0 fully saturated rings. The largest absolute Gasteiger partial charge is 0.393 e. The van der Waals surface area contributed by atoms with Crippen molar-refractivity contribution >= 4 is 12.4 Å². The molecule has 3 N–H and O–H groups in total. The van der Waals surface area contributed by atoms with Gasteiger partial charge >= 0.3 is 0 Å². The monoisotopic (exact) mass is 307 g/mol. The van der Waals surface area contributed by atoms with Crippen LogP contribution in [0.3, 0.4) is 0 Å². The van der Waals surface area contributed by atoms with Gasteiger partial charge in [-0.05, 0) is 26.7 Å². The standard InChI is InChI=1S/C17H37NO.ClH/c1-5-7-8-9-10-11-12-13-14-15(16(19)6-2)17(3,4)18;/h15-16,19H,5-14,18H2,1-4H3;1H. The van der Waals surface area contributed by atoms with Gasteiger partial charge in [-0.2, -0.15) is 0 Å². The molecule has 0 rings (SSSR count). The number of nitrogens with two attached hydrogens (primary N) is 1. The van der Waals surface area contributed by atoms with Crippen LogP contribution in [0.1, 0.15) is 91.9 Å². The maximum Gasteiger partial charge on any atom is 0.0583 e. The highest BCUT2D eigenvalue weighted by Gasteiger charge is 2.29. The van der Waals surface area contributed by atoms with Crippen molar-refractivity contribution in [1.29, 1.82) is 0 Å². The molecule has 0 aromatic heterocycles. The van der Waals surface area contributed by atoms with Crippen LogP contribution in [0.4, 0.5) is 0 Å². The zero-order valence-electron chi connectivity index (χ0n) is 14.2. The zero-order chi connectivity index (χ0) is 14.7. The molecule has 0 aliphatic heterocycles. The fourth-order valence-corrected chi connectivity index (χ4v) is 2.84. The number of hydrogen-bond acceptors (Lipinski definition) is 2. The fraction of sp³-hybridized carbons (Fsp3) is 1.00. The molecule has 0 saturated carbocycles. The molecular weight excluding hydrogens is 270 g/mol. The zero-order valence-corrected chi connectivity index (χ0v) is 15.0. The summed E-state index contributed by atoms with van der Waals surface area (Å²) in [5, 5.41) is 10.1. The predicted octanol–water partition coefficient (Wildman–Crippen LogP) is 5.06. The Balaban J connectivity index is 0. The molecule has 0 amide bonds. The van der Waals surface area contributed by atoms with E-state index in [1.54, 1.807) is 0 Å². The smallest absolute Gasteiger partial charge is 0.0583 e. The van der Waals surface area contributed by atoms with Crippen LogP contribution in [0.15, 0.2) is 0 Å². The van der Waals surface area contributed by atoms with Gasteiger partial charge in [0.05, 0.1) is 6.10 Å². The second-order valence-electron chi connectivity index (χ2n) is 6.67. The summed E-state index contributed by atoms with van der Waals surface area (Å²) in [6.45, 7) is 8.38. The van der Waals surface area contributed by atoms with E-state index in [0.717, 1.165) is 12.8 Å². The van der Waals surface area contributed by atoms with Gasteiger partial charge < -0.3 is 10.8 Å². The minimum Gasteiger partial charge on any atom is -0.393 e. The third-order valence-corrected chi connectivity index (χ3v) is 4.21. The van der Waals surface area contributed by atoms with E-state index in [2.05, 4.69) is 6.92 Å². The van der Waals surface area contributed by atoms with Crippen LogP contribution in [0.5, 0.6) is 0 Å². The molecule has 0 radical (unpaired) electrons. The van der Waals surface area contributed by atoms with E-state index in [9.17, 15) is 5.11 Å². The lowest BCUT2D eigenvalue weighted by atomic mass is 9.79. The van der Waals surface area contributed by atoms with E-state index in [4.69, 9.17) is 5.73 Å². The summed E-state index contributed by atoms with van der Waals surface area (Å²) in [5.41, 5.74) is 5.92. The van der Waals surface area contributed by atoms with Crippen molar-refractivity contribution in [3.63, 3.8) is 0 Å². The molecule has 0 bridgehead atoms. The Bertz CT molecular complexity index is 204. The lowest BCUT2D eigenvalue weighted by Gasteiger charge is -2.34. The average Bonchev–Trinajstić information content (AvgIpc) is 2.34. The van der Waals surface area contributed by atoms with E-state index >= 15 is 0 Å². The van der Waals surface area contributed by atoms with Gasteiger partial charge in [0.15, 0.2) is 0 Å². The molecule has 0 aromatic carbocycles. The van der Waals surface area contributed by atoms with Gasteiger partial charge in [-0.1, -0.05) is 65.2 Å². The SMILES string of the molecule is CCCCCCCCCCC(C(O)CC)C(C)(C)N.Cl. The molecule has 0 spiro atoms. The summed E-state index contributed by atoms with van der Waals surface area (Å²) in [6, 6.07) is 0. The molecule has 0 aliphatic carbocycles. The number of hydrogen-bond donors (Lipinski definition) is 2. The number of unbranched alkanes of at least 4 members (excludes halogenated alkanes) is 7. The fourth-order valence-electron chi connectivity index (χ4n) is 2.84. The summed E-state index contributed by atoms with van der Waals surface area (Å²) in [5.74, 6) is 0.234. The molecule has 124 valence electrons. The van der Waals surface area contributed by atoms with Crippen LogP contribution in [-0.4, -0.2) is 16.7 Å². The maximum absolute atomic E-state index is 10.1. The topological polar surface area (TPSA) is 46.2 Å². The molecule has 0 saturated heterocycles. The molecule has 2 nitrogen and oxygen atoms in total. The quantitative estimate of drug-likeness (QED) is 0.495. The van der Waals surface area contributed by atoms with Gasteiger partial charge in [0.25, 0.3) is 0 Å². The summed E-state index contributed by atoms with van der Waals surface area (Å²) in [7, 11) is 0. The van der Waals surface area contributed by atoms with E-state index in [-0.39, 0.29) is 30.0 Å². The second kappa shape index (κ2) is 12.9. The molecule has 0 aliphatic rings. The van der Waals surface area contributed by atoms with Crippen LogP contribution in [0.25, 0.3) is 0 Å². The number of aliphatic hydroxyl groups is 1. The third-order valence-electron chi connectivity index (χ3n) is 4.21. The lowest BCUT2D eigenvalue weighted by molar-refractivity contribution is 0.0594. The Labute approximate surface area is 133 Å². The van der Waals surface area contributed by atoms with Crippen molar-refractivity contribution in [3.8, 4) is 0 Å². The van der Waals surface area contributed by atoms with E-state index in [0.29, 0.717) is 0 Å². The Morgan fingerprint density at radius 1 is 0.900 bits per heavy atom.